The molecule has 100 heavy (non-hydrogen) atoms. The van der Waals surface area contributed by atoms with Crippen LogP contribution in [-0.4, -0.2) is 356 Å². The minimum Gasteiger partial charge on any atom is -1.00 e. The number of hydrogen-bond donors (Lipinski definition) is 20. The third kappa shape index (κ3) is 27.9. The number of quaternary nitrogens is 1. The van der Waals surface area contributed by atoms with Gasteiger partial charge in [-0.25, -0.2) is 18.0 Å². The normalized spacial score (nSPS) is 26.3. The third-order valence-electron chi connectivity index (χ3n) is 17.0. The Morgan fingerprint density at radius 1 is 0.460 bits per heavy atom. The zero-order chi connectivity index (χ0) is 76.4. The molecule has 580 valence electrons. The summed E-state index contributed by atoms with van der Waals surface area (Å²) in [7, 11) is -15.9. The highest BCUT2D eigenvalue weighted by Gasteiger charge is 2.57. The summed E-state index contributed by atoms with van der Waals surface area (Å²) >= 11 is 0. The second-order valence-corrected chi connectivity index (χ2v) is 32.2. The van der Waals surface area contributed by atoms with Gasteiger partial charge in [-0.3, -0.25) is 27.5 Å². The van der Waals surface area contributed by atoms with Crippen LogP contribution in [0.1, 0.15) is 51.4 Å². The molecule has 0 aliphatic carbocycles. The predicted octanol–water partition coefficient (Wildman–Crippen LogP) is -14.3. The van der Waals surface area contributed by atoms with E-state index in [4.69, 9.17) is 93.2 Å². The largest absolute Gasteiger partial charge is 1.00 e. The van der Waals surface area contributed by atoms with Crippen LogP contribution in [0, 0.1) is 23.7 Å². The molecule has 0 bridgehead atoms. The highest BCUT2D eigenvalue weighted by Crippen LogP contribution is 2.37. The summed E-state index contributed by atoms with van der Waals surface area (Å²) in [6, 6.07) is 0. The fraction of sp³-hybridized carbons (Fsp3) is 0.872. The zero-order valence-electron chi connectivity index (χ0n) is 55.5. The molecule has 5 aliphatic rings. The Morgan fingerprint density at radius 3 is 0.920 bits per heavy atom. The summed E-state index contributed by atoms with van der Waals surface area (Å²) in [5, 5.41) is 126. The van der Waals surface area contributed by atoms with Crippen LogP contribution < -0.4 is 46.8 Å². The highest BCUT2D eigenvalue weighted by molar-refractivity contribution is 7.85. The molecule has 0 saturated carbocycles. The van der Waals surface area contributed by atoms with Crippen LogP contribution in [0.3, 0.4) is 0 Å². The fourth-order valence-corrected chi connectivity index (χ4v) is 16.1. The van der Waals surface area contributed by atoms with Gasteiger partial charge < -0.3 is 127 Å². The third-order valence-corrected chi connectivity index (χ3v) is 22.6. The number of carbonyl (C=O) groups is 6. The second-order valence-electron chi connectivity index (χ2n) is 25.9. The van der Waals surface area contributed by atoms with Crippen LogP contribution in [0.2, 0.25) is 25.3 Å². The maximum absolute atomic E-state index is 12.3. The molecule has 0 unspecified atom stereocenters. The molecule has 0 aromatic rings. The lowest BCUT2D eigenvalue weighted by molar-refractivity contribution is -0.870. The predicted molar refractivity (Wildman–Crippen MR) is 345 cm³/mol. The van der Waals surface area contributed by atoms with Gasteiger partial charge in [-0.15, -0.1) is 0 Å². The molecule has 5 rings (SSSR count). The van der Waals surface area contributed by atoms with E-state index in [1.165, 1.54) is 0 Å². The van der Waals surface area contributed by atoms with Gasteiger partial charge in [0.1, 0.15) is 41.4 Å². The Kier molecular flexibility index (Phi) is 37.2. The van der Waals surface area contributed by atoms with Gasteiger partial charge in [0.15, 0.2) is 12.2 Å². The van der Waals surface area contributed by atoms with Gasteiger partial charge in [0.2, 0.25) is 0 Å². The minimum atomic E-state index is -4.56. The Bertz CT molecular complexity index is 3060. The molecule has 5 heterocycles. The Balaban J connectivity index is 0.000000664. The summed E-state index contributed by atoms with van der Waals surface area (Å²) in [5.74, 6) is -11.5. The highest BCUT2D eigenvalue weighted by atomic mass is 35.5. The number of rotatable bonds is 38. The van der Waals surface area contributed by atoms with E-state index in [1.54, 1.807) is 0 Å². The number of carboxylic acid groups (broad SMARTS) is 6. The lowest BCUT2D eigenvalue weighted by Crippen LogP contribution is -3.00. The number of likely N-dealkylation sites (N-methyl/N-ethyl adjacent to an activating group) is 2. The molecule has 10 atom stereocenters. The van der Waals surface area contributed by atoms with Gasteiger partial charge >= 0.3 is 106 Å². The summed E-state index contributed by atoms with van der Waals surface area (Å²) in [4.78, 5) is 69.7. The van der Waals surface area contributed by atoms with Crippen molar-refractivity contribution >= 4 is 106 Å². The first-order valence-electron chi connectivity index (χ1n) is 30.8. The van der Waals surface area contributed by atoms with E-state index in [9.17, 15) is 82.9 Å². The maximum atomic E-state index is 12.3. The molecule has 0 amide bonds. The van der Waals surface area contributed by atoms with E-state index in [0.29, 0.717) is 45.6 Å². The van der Waals surface area contributed by atoms with E-state index in [2.05, 4.69) is 8.37 Å². The molecular formula is C47H97B4ClN12O32S4. The van der Waals surface area contributed by atoms with Gasteiger partial charge in [0, 0.05) is 102 Å². The van der Waals surface area contributed by atoms with E-state index in [1.807, 2.05) is 33.1 Å². The average Bonchev–Trinajstić information content (AvgIpc) is 1.52. The van der Waals surface area contributed by atoms with Crippen LogP contribution in [0.15, 0.2) is 0 Å². The summed E-state index contributed by atoms with van der Waals surface area (Å²) in [5.41, 5.74) is 26.7. The van der Waals surface area contributed by atoms with Crippen molar-refractivity contribution in [2.75, 3.05) is 120 Å². The Labute approximate surface area is 586 Å². The monoisotopic (exact) mass is 1550 g/mol. The average molecular weight is 1550 g/mol. The van der Waals surface area contributed by atoms with Crippen molar-refractivity contribution in [1.82, 2.24) is 22.1 Å². The van der Waals surface area contributed by atoms with Crippen molar-refractivity contribution in [3.8, 4) is 0 Å². The number of nitrogens with two attached hydrogens (primary N) is 6. The number of nitrogens with zero attached hydrogens (tertiary/aromatic N) is 6. The topological polar surface area (TPSA) is 731 Å². The van der Waals surface area contributed by atoms with Gasteiger partial charge in [0.05, 0.1) is 21.1 Å². The van der Waals surface area contributed by atoms with E-state index >= 15 is 0 Å². The number of hydrogen-bond acceptors (Lipinski definition) is 33. The zero-order valence-corrected chi connectivity index (χ0v) is 59.5. The SMILES string of the molecule is CN1CC(OS(=O)(=O)N2C[C@H](CCCB(O)O)[C@](N)(C(=O)O)C2)C1.C[N+](C)(C)CCOS(=O)(=O)N1C[C@H](CCCB(O)O)[C@](N)(C(=O)O)C1.NC[C@@H](OS(=O)(=O)N1C[C@H](CCCB(O)O)[C@](N)(C(=O)O)C1)C(=O)O.NC[C@H](OS(=O)(=O)N1C[C@H](CCCB(O)O)[C@](N)(C(=O)O)C1)C(=O)O.[Cl-]. The Morgan fingerprint density at radius 2 is 0.710 bits per heavy atom. The van der Waals surface area contributed by atoms with Crippen molar-refractivity contribution in [2.45, 2.75) is 117 Å². The van der Waals surface area contributed by atoms with Gasteiger partial charge in [-0.2, -0.15) is 50.9 Å². The first-order valence-corrected chi connectivity index (χ1v) is 36.2. The fourth-order valence-electron chi connectivity index (χ4n) is 11.0. The van der Waals surface area contributed by atoms with E-state index in [-0.39, 0.29) is 122 Å². The quantitative estimate of drug-likeness (QED) is 0.0202. The maximum Gasteiger partial charge on any atom is 0.451 e. The van der Waals surface area contributed by atoms with Crippen molar-refractivity contribution in [3.63, 3.8) is 0 Å². The molecule has 26 N–H and O–H groups in total. The molecule has 0 radical (unpaired) electrons. The molecule has 5 fully saturated rings. The number of halogens is 1. The first-order chi connectivity index (χ1) is 45.2. The van der Waals surface area contributed by atoms with Crippen LogP contribution in [0.5, 0.6) is 0 Å². The van der Waals surface area contributed by atoms with Crippen LogP contribution in [0.25, 0.3) is 0 Å². The van der Waals surface area contributed by atoms with Crippen molar-refractivity contribution in [2.24, 2.45) is 58.1 Å². The van der Waals surface area contributed by atoms with Crippen molar-refractivity contribution in [3.05, 3.63) is 0 Å². The minimum absolute atomic E-state index is 0. The molecule has 0 aromatic carbocycles. The molecule has 5 aliphatic heterocycles. The summed E-state index contributed by atoms with van der Waals surface area (Å²) in [6.45, 7) is -2.41. The molecule has 44 nitrogen and oxygen atoms in total. The molecule has 0 aromatic heterocycles. The molecule has 5 saturated heterocycles. The molecular weight excluding hydrogens is 1450 g/mol. The van der Waals surface area contributed by atoms with Gasteiger partial charge in [-0.1, -0.05) is 25.7 Å². The second kappa shape index (κ2) is 39.5. The standard InChI is InChI=1S/C13H28BN3O7S.C12H24BN3O7S.2C11H22BN3O9S.ClH/c1-17(2,3)7-8-24-25(22,23)16-9-11(5-4-6-14(20)21)13(15,10-16)12(18)19;1-15-6-10(7-15)23-24(21,22)16-5-9(3-2-4-13(19)20)12(14,8-16)11(17)18;2*13-4-8(9(16)17)24-25(22,23)15-5-7(2-1-3-12(20)21)11(14,6-15)10(18)19;/h11,20-21H,4-10,15H2,1-3H3;9-10,19-20H,2-8,14H2,1H3,(H,17,18);2*7-8,20-21H,1-6,13-14H2,(H,16,17)(H,18,19);1H/t11-,13-;9-,12-;7-,8+,11-;7-,8-,11-;/m0000./s1. The van der Waals surface area contributed by atoms with Crippen LogP contribution in [0.4, 0.5) is 0 Å². The molecule has 53 heteroatoms. The lowest BCUT2D eigenvalue weighted by atomic mass is 9.78. The number of aliphatic carboxylic acids is 6. The summed E-state index contributed by atoms with van der Waals surface area (Å²) in [6.07, 6.45) is -2.05. The van der Waals surface area contributed by atoms with E-state index in [0.717, 1.165) is 8.61 Å². The van der Waals surface area contributed by atoms with Crippen LogP contribution in [-0.2, 0) is 86.7 Å². The van der Waals surface area contributed by atoms with Crippen molar-refractivity contribution < 1.29 is 167 Å². The van der Waals surface area contributed by atoms with Gasteiger partial charge in [0.25, 0.3) is 0 Å². The van der Waals surface area contributed by atoms with Crippen LogP contribution >= 0.6 is 0 Å². The first kappa shape index (κ1) is 94.2. The lowest BCUT2D eigenvalue weighted by Gasteiger charge is -2.35. The molecule has 0 spiro atoms. The van der Waals surface area contributed by atoms with E-state index < -0.39 is 196 Å². The Hall–Kier alpha value is -3.79. The summed E-state index contributed by atoms with van der Waals surface area (Å²) < 4.78 is 121. The van der Waals surface area contributed by atoms with Crippen molar-refractivity contribution in [1.29, 1.82) is 0 Å². The van der Waals surface area contributed by atoms with Gasteiger partial charge in [-0.05, 0) is 58.0 Å². The number of likely N-dealkylation sites (tertiary alicyclic amines) is 1. The number of carboxylic acids is 6. The smallest absolute Gasteiger partial charge is 0.451 e.